The summed E-state index contributed by atoms with van der Waals surface area (Å²) in [6.45, 7) is 3.61. The van der Waals surface area contributed by atoms with Gasteiger partial charge in [0.25, 0.3) is 5.91 Å². The smallest absolute Gasteiger partial charge is 0.253 e. The molecule has 0 saturated heterocycles. The van der Waals surface area contributed by atoms with Crippen LogP contribution in [-0.4, -0.2) is 43.0 Å². The van der Waals surface area contributed by atoms with Crippen LogP contribution >= 0.6 is 11.6 Å². The summed E-state index contributed by atoms with van der Waals surface area (Å²) in [5, 5.41) is 3.44. The zero-order valence-corrected chi connectivity index (χ0v) is 11.9. The molecule has 1 rings (SSSR count). The van der Waals surface area contributed by atoms with Gasteiger partial charge in [-0.15, -0.1) is 0 Å². The Labute approximate surface area is 113 Å². The molecule has 0 saturated carbocycles. The van der Waals surface area contributed by atoms with E-state index in [0.717, 1.165) is 31.6 Å². The summed E-state index contributed by atoms with van der Waals surface area (Å²) in [7, 11) is 3.70. The molecule has 0 spiro atoms. The predicted octanol–water partition coefficient (Wildman–Crippen LogP) is 1.98. The van der Waals surface area contributed by atoms with E-state index in [1.165, 1.54) is 0 Å². The monoisotopic (exact) mass is 269 g/mol. The molecule has 0 aliphatic heterocycles. The second-order valence-corrected chi connectivity index (χ2v) is 4.59. The molecule has 0 radical (unpaired) electrons. The lowest BCUT2D eigenvalue weighted by molar-refractivity contribution is 0.0793. The zero-order chi connectivity index (χ0) is 13.5. The molecule has 0 aliphatic rings. The number of aryl methyl sites for hydroxylation is 1. The lowest BCUT2D eigenvalue weighted by Crippen LogP contribution is -2.29. The molecule has 1 amide bonds. The molecule has 5 heteroatoms. The van der Waals surface area contributed by atoms with Crippen molar-refractivity contribution in [2.75, 3.05) is 27.2 Å². The molecule has 0 atom stereocenters. The standard InChI is InChI=1S/C13H20ClN3O/c1-4-11-8-10(9-12(14)16-11)13(18)17(3)7-5-6-15-2/h8-9,15H,4-7H2,1-3H3. The minimum absolute atomic E-state index is 0.00916. The van der Waals surface area contributed by atoms with Crippen LogP contribution in [0.25, 0.3) is 0 Å². The van der Waals surface area contributed by atoms with Crippen LogP contribution in [0.2, 0.25) is 5.15 Å². The zero-order valence-electron chi connectivity index (χ0n) is 11.2. The number of amides is 1. The predicted molar refractivity (Wildman–Crippen MR) is 74.1 cm³/mol. The van der Waals surface area contributed by atoms with Crippen LogP contribution in [-0.2, 0) is 6.42 Å². The average molecular weight is 270 g/mol. The van der Waals surface area contributed by atoms with Gasteiger partial charge in [-0.3, -0.25) is 4.79 Å². The maximum Gasteiger partial charge on any atom is 0.253 e. The number of nitrogens with zero attached hydrogens (tertiary/aromatic N) is 2. The van der Waals surface area contributed by atoms with Gasteiger partial charge < -0.3 is 10.2 Å². The van der Waals surface area contributed by atoms with Gasteiger partial charge in [0, 0.05) is 24.8 Å². The number of carbonyl (C=O) groups is 1. The van der Waals surface area contributed by atoms with E-state index < -0.39 is 0 Å². The van der Waals surface area contributed by atoms with E-state index in [1.54, 1.807) is 18.0 Å². The average Bonchev–Trinajstić information content (AvgIpc) is 2.37. The summed E-state index contributed by atoms with van der Waals surface area (Å²) >= 11 is 5.91. The van der Waals surface area contributed by atoms with Crippen molar-refractivity contribution in [3.05, 3.63) is 28.5 Å². The fourth-order valence-electron chi connectivity index (χ4n) is 1.67. The van der Waals surface area contributed by atoms with Gasteiger partial charge >= 0.3 is 0 Å². The molecule has 100 valence electrons. The Hall–Kier alpha value is -1.13. The maximum atomic E-state index is 12.2. The molecule has 4 nitrogen and oxygen atoms in total. The van der Waals surface area contributed by atoms with Gasteiger partial charge in [-0.1, -0.05) is 18.5 Å². The fourth-order valence-corrected chi connectivity index (χ4v) is 1.90. The number of rotatable bonds is 6. The lowest BCUT2D eigenvalue weighted by Gasteiger charge is -2.17. The molecular formula is C13H20ClN3O. The maximum absolute atomic E-state index is 12.2. The highest BCUT2D eigenvalue weighted by Gasteiger charge is 2.13. The topological polar surface area (TPSA) is 45.2 Å². The van der Waals surface area contributed by atoms with E-state index in [-0.39, 0.29) is 5.91 Å². The lowest BCUT2D eigenvalue weighted by atomic mass is 10.2. The van der Waals surface area contributed by atoms with Crippen molar-refractivity contribution >= 4 is 17.5 Å². The van der Waals surface area contributed by atoms with Gasteiger partial charge in [-0.05, 0) is 38.6 Å². The Morgan fingerprint density at radius 3 is 2.83 bits per heavy atom. The summed E-state index contributed by atoms with van der Waals surface area (Å²) in [5.41, 5.74) is 1.45. The Kier molecular flexibility index (Phi) is 6.09. The third-order valence-electron chi connectivity index (χ3n) is 2.72. The molecule has 1 aromatic rings. The van der Waals surface area contributed by atoms with Gasteiger partial charge in [0.05, 0.1) is 0 Å². The van der Waals surface area contributed by atoms with Crippen LogP contribution in [0.15, 0.2) is 12.1 Å². The Bertz CT molecular complexity index is 409. The Balaban J connectivity index is 2.73. The largest absolute Gasteiger partial charge is 0.342 e. The molecule has 0 unspecified atom stereocenters. The van der Waals surface area contributed by atoms with Gasteiger partial charge in [-0.25, -0.2) is 4.98 Å². The molecular weight excluding hydrogens is 250 g/mol. The van der Waals surface area contributed by atoms with Gasteiger partial charge in [-0.2, -0.15) is 0 Å². The minimum atomic E-state index is -0.00916. The van der Waals surface area contributed by atoms with Crippen LogP contribution in [0.3, 0.4) is 0 Å². The third kappa shape index (κ3) is 4.27. The first kappa shape index (κ1) is 14.9. The summed E-state index contributed by atoms with van der Waals surface area (Å²) < 4.78 is 0. The molecule has 0 aromatic carbocycles. The fraction of sp³-hybridized carbons (Fsp3) is 0.538. The summed E-state index contributed by atoms with van der Waals surface area (Å²) in [5.74, 6) is -0.00916. The molecule has 0 fully saturated rings. The normalized spacial score (nSPS) is 10.4. The SMILES string of the molecule is CCc1cc(C(=O)N(C)CCCNC)cc(Cl)n1. The van der Waals surface area contributed by atoms with Crippen molar-refractivity contribution in [1.82, 2.24) is 15.2 Å². The van der Waals surface area contributed by atoms with E-state index in [4.69, 9.17) is 11.6 Å². The second kappa shape index (κ2) is 7.34. The van der Waals surface area contributed by atoms with Crippen LogP contribution in [0.4, 0.5) is 0 Å². The van der Waals surface area contributed by atoms with Crippen molar-refractivity contribution in [2.45, 2.75) is 19.8 Å². The van der Waals surface area contributed by atoms with Crippen LogP contribution in [0.5, 0.6) is 0 Å². The van der Waals surface area contributed by atoms with E-state index >= 15 is 0 Å². The number of aromatic nitrogens is 1. The number of pyridine rings is 1. The Morgan fingerprint density at radius 1 is 1.50 bits per heavy atom. The first-order valence-corrected chi connectivity index (χ1v) is 6.52. The highest BCUT2D eigenvalue weighted by molar-refractivity contribution is 6.29. The first-order chi connectivity index (χ1) is 8.58. The third-order valence-corrected chi connectivity index (χ3v) is 2.92. The van der Waals surface area contributed by atoms with Crippen molar-refractivity contribution < 1.29 is 4.79 Å². The molecule has 18 heavy (non-hydrogen) atoms. The van der Waals surface area contributed by atoms with Crippen molar-refractivity contribution in [2.24, 2.45) is 0 Å². The summed E-state index contributed by atoms with van der Waals surface area (Å²) in [6, 6.07) is 3.43. The van der Waals surface area contributed by atoms with Crippen LogP contribution in [0.1, 0.15) is 29.4 Å². The number of hydrogen-bond donors (Lipinski definition) is 1. The van der Waals surface area contributed by atoms with Crippen LogP contribution in [0, 0.1) is 0 Å². The van der Waals surface area contributed by atoms with Gasteiger partial charge in [0.2, 0.25) is 0 Å². The van der Waals surface area contributed by atoms with Crippen LogP contribution < -0.4 is 5.32 Å². The number of nitrogens with one attached hydrogen (secondary N) is 1. The molecule has 1 N–H and O–H groups in total. The highest BCUT2D eigenvalue weighted by Crippen LogP contribution is 2.13. The first-order valence-electron chi connectivity index (χ1n) is 6.15. The number of halogens is 1. The number of carbonyl (C=O) groups excluding carboxylic acids is 1. The van der Waals surface area contributed by atoms with E-state index in [1.807, 2.05) is 20.0 Å². The molecule has 1 aromatic heterocycles. The Morgan fingerprint density at radius 2 is 2.22 bits per heavy atom. The number of hydrogen-bond acceptors (Lipinski definition) is 3. The van der Waals surface area contributed by atoms with Crippen molar-refractivity contribution in [1.29, 1.82) is 0 Å². The van der Waals surface area contributed by atoms with Crippen molar-refractivity contribution in [3.63, 3.8) is 0 Å². The minimum Gasteiger partial charge on any atom is -0.342 e. The second-order valence-electron chi connectivity index (χ2n) is 4.21. The van der Waals surface area contributed by atoms with E-state index in [9.17, 15) is 4.79 Å². The summed E-state index contributed by atoms with van der Waals surface area (Å²) in [6.07, 6.45) is 1.70. The van der Waals surface area contributed by atoms with E-state index in [0.29, 0.717) is 10.7 Å². The quantitative estimate of drug-likeness (QED) is 0.634. The summed E-state index contributed by atoms with van der Waals surface area (Å²) in [4.78, 5) is 18.0. The van der Waals surface area contributed by atoms with Crippen molar-refractivity contribution in [3.8, 4) is 0 Å². The highest BCUT2D eigenvalue weighted by atomic mass is 35.5. The molecule has 0 bridgehead atoms. The van der Waals surface area contributed by atoms with Gasteiger partial charge in [0.15, 0.2) is 0 Å². The molecule has 1 heterocycles. The van der Waals surface area contributed by atoms with E-state index in [2.05, 4.69) is 10.3 Å². The molecule has 0 aliphatic carbocycles. The van der Waals surface area contributed by atoms with Gasteiger partial charge in [0.1, 0.15) is 5.15 Å².